The Hall–Kier alpha value is -3.27. The van der Waals surface area contributed by atoms with E-state index in [1.165, 1.54) is 15.5 Å². The third kappa shape index (κ3) is 4.86. The zero-order valence-corrected chi connectivity index (χ0v) is 23.6. The van der Waals surface area contributed by atoms with E-state index < -0.39 is 10.0 Å². The van der Waals surface area contributed by atoms with Crippen molar-refractivity contribution in [2.45, 2.75) is 25.2 Å². The summed E-state index contributed by atoms with van der Waals surface area (Å²) in [6.07, 6.45) is 2.37. The summed E-state index contributed by atoms with van der Waals surface area (Å²) >= 11 is 5.15. The molecule has 0 saturated carbocycles. The van der Waals surface area contributed by atoms with Crippen LogP contribution >= 0.6 is 27.3 Å². The second-order valence-corrected chi connectivity index (χ2v) is 12.1. The van der Waals surface area contributed by atoms with Crippen molar-refractivity contribution in [2.24, 2.45) is 0 Å². The quantitative estimate of drug-likeness (QED) is 0.200. The molecule has 0 aliphatic rings. The van der Waals surface area contributed by atoms with Gasteiger partial charge in [0.1, 0.15) is 21.9 Å². The number of anilines is 3. The molecule has 2 aromatic heterocycles. The topological polar surface area (TPSA) is 75.2 Å². The molecule has 0 aliphatic carbocycles. The molecule has 0 bridgehead atoms. The van der Waals surface area contributed by atoms with Crippen LogP contribution in [0.2, 0.25) is 0 Å². The predicted molar refractivity (Wildman–Crippen MR) is 156 cm³/mol. The molecule has 37 heavy (non-hydrogen) atoms. The van der Waals surface area contributed by atoms with Crippen molar-refractivity contribution >= 4 is 64.7 Å². The molecule has 6 nitrogen and oxygen atoms in total. The number of hydrogen-bond donors (Lipinski definition) is 1. The molecule has 0 saturated heterocycles. The molecule has 0 amide bonds. The maximum Gasteiger partial charge on any atom is 0.266 e. The number of sulfonamides is 1. The summed E-state index contributed by atoms with van der Waals surface area (Å²) in [5.41, 5.74) is 3.21. The molecule has 0 aliphatic heterocycles. The van der Waals surface area contributed by atoms with Gasteiger partial charge in [-0.25, -0.2) is 18.4 Å². The zero-order chi connectivity index (χ0) is 26.0. The second-order valence-electron chi connectivity index (χ2n) is 8.29. The number of rotatable bonds is 8. The molecular weight excluding hydrogens is 568 g/mol. The van der Waals surface area contributed by atoms with Gasteiger partial charge in [-0.2, -0.15) is 0 Å². The van der Waals surface area contributed by atoms with Crippen molar-refractivity contribution in [3.05, 3.63) is 94.5 Å². The largest absolute Gasteiger partial charge is 0.338 e. The number of fused-ring (bicyclic) bond motifs is 1. The number of aromatic nitrogens is 2. The summed E-state index contributed by atoms with van der Waals surface area (Å²) in [4.78, 5) is 11.3. The average Bonchev–Trinajstić information content (AvgIpc) is 3.30. The van der Waals surface area contributed by atoms with Crippen LogP contribution in [0.15, 0.2) is 94.6 Å². The zero-order valence-electron chi connectivity index (χ0n) is 20.3. The highest BCUT2D eigenvalue weighted by Crippen LogP contribution is 2.42. The molecule has 188 valence electrons. The molecule has 3 aromatic carbocycles. The van der Waals surface area contributed by atoms with Crippen LogP contribution in [0.3, 0.4) is 0 Å². The Balaban J connectivity index is 1.64. The van der Waals surface area contributed by atoms with Gasteiger partial charge in [0.15, 0.2) is 0 Å². The van der Waals surface area contributed by atoms with Gasteiger partial charge in [0.05, 0.1) is 16.8 Å². The van der Waals surface area contributed by atoms with Crippen LogP contribution < -0.4 is 9.62 Å². The van der Waals surface area contributed by atoms with Crippen molar-refractivity contribution in [3.8, 4) is 11.1 Å². The highest BCUT2D eigenvalue weighted by Gasteiger charge is 2.27. The minimum atomic E-state index is -3.85. The third-order valence-corrected chi connectivity index (χ3v) is 9.79. The van der Waals surface area contributed by atoms with Gasteiger partial charge in [-0.3, -0.25) is 4.31 Å². The van der Waals surface area contributed by atoms with Crippen molar-refractivity contribution in [1.82, 2.24) is 9.97 Å². The Morgan fingerprint density at radius 2 is 1.62 bits per heavy atom. The van der Waals surface area contributed by atoms with Crippen LogP contribution in [0.5, 0.6) is 0 Å². The summed E-state index contributed by atoms with van der Waals surface area (Å²) < 4.78 is 30.1. The van der Waals surface area contributed by atoms with Crippen molar-refractivity contribution in [3.63, 3.8) is 0 Å². The summed E-state index contributed by atoms with van der Waals surface area (Å²) in [7, 11) is -3.85. The number of halogens is 1. The Morgan fingerprint density at radius 1 is 0.919 bits per heavy atom. The van der Waals surface area contributed by atoms with E-state index in [1.807, 2.05) is 43.3 Å². The van der Waals surface area contributed by atoms with E-state index >= 15 is 0 Å². The summed E-state index contributed by atoms with van der Waals surface area (Å²) in [5, 5.41) is 4.24. The van der Waals surface area contributed by atoms with Crippen LogP contribution in [0.4, 0.5) is 17.2 Å². The lowest BCUT2D eigenvalue weighted by molar-refractivity contribution is 0.592. The minimum absolute atomic E-state index is 0.184. The number of aryl methyl sites for hydroxylation is 1. The number of benzene rings is 3. The highest BCUT2D eigenvalue weighted by molar-refractivity contribution is 9.10. The fraction of sp³-hybridized carbons (Fsp3) is 0.143. The van der Waals surface area contributed by atoms with Gasteiger partial charge < -0.3 is 5.32 Å². The monoisotopic (exact) mass is 592 g/mol. The van der Waals surface area contributed by atoms with Crippen LogP contribution in [-0.4, -0.2) is 24.9 Å². The Labute approximate surface area is 229 Å². The van der Waals surface area contributed by atoms with Crippen molar-refractivity contribution < 1.29 is 8.42 Å². The van der Waals surface area contributed by atoms with Crippen LogP contribution in [0.1, 0.15) is 18.7 Å². The minimum Gasteiger partial charge on any atom is -0.338 e. The Morgan fingerprint density at radius 3 is 2.32 bits per heavy atom. The molecule has 0 unspecified atom stereocenters. The molecule has 9 heteroatoms. The van der Waals surface area contributed by atoms with E-state index in [1.54, 1.807) is 41.7 Å². The smallest absolute Gasteiger partial charge is 0.266 e. The number of nitrogens with one attached hydrogen (secondary N) is 1. The first-order valence-corrected chi connectivity index (χ1v) is 14.9. The molecule has 0 fully saturated rings. The third-order valence-electron chi connectivity index (χ3n) is 6.05. The molecule has 0 radical (unpaired) electrons. The first-order valence-electron chi connectivity index (χ1n) is 11.9. The van der Waals surface area contributed by atoms with E-state index in [2.05, 4.69) is 50.3 Å². The maximum atomic E-state index is 13.9. The van der Waals surface area contributed by atoms with Crippen LogP contribution in [0, 0.1) is 0 Å². The van der Waals surface area contributed by atoms with Gasteiger partial charge in [-0.1, -0.05) is 65.3 Å². The normalized spacial score (nSPS) is 11.5. The Bertz CT molecular complexity index is 1650. The molecular formula is C28H25BrN4O2S2. The first kappa shape index (κ1) is 25.4. The maximum absolute atomic E-state index is 13.9. The lowest BCUT2D eigenvalue weighted by atomic mass is 10.0. The van der Waals surface area contributed by atoms with E-state index in [9.17, 15) is 8.42 Å². The summed E-state index contributed by atoms with van der Waals surface area (Å²) in [5.74, 6) is 0.573. The fourth-order valence-corrected chi connectivity index (χ4v) is 7.36. The van der Waals surface area contributed by atoms with E-state index in [4.69, 9.17) is 0 Å². The highest BCUT2D eigenvalue weighted by atomic mass is 79.9. The molecule has 5 aromatic rings. The van der Waals surface area contributed by atoms with Crippen LogP contribution in [0.25, 0.3) is 21.3 Å². The van der Waals surface area contributed by atoms with Gasteiger partial charge in [0.25, 0.3) is 10.0 Å². The second kappa shape index (κ2) is 10.6. The number of para-hydroxylation sites is 2. The lowest BCUT2D eigenvalue weighted by Gasteiger charge is -2.24. The van der Waals surface area contributed by atoms with Gasteiger partial charge in [-0.15, -0.1) is 11.3 Å². The number of hydrogen-bond acceptors (Lipinski definition) is 6. The Kier molecular flexibility index (Phi) is 7.28. The van der Waals surface area contributed by atoms with E-state index in [-0.39, 0.29) is 4.90 Å². The van der Waals surface area contributed by atoms with Crippen molar-refractivity contribution in [2.75, 3.05) is 16.2 Å². The number of nitrogens with zero attached hydrogens (tertiary/aromatic N) is 3. The molecule has 0 atom stereocenters. The summed E-state index contributed by atoms with van der Waals surface area (Å²) in [6, 6.07) is 24.3. The van der Waals surface area contributed by atoms with Gasteiger partial charge >= 0.3 is 0 Å². The molecule has 2 heterocycles. The molecule has 0 spiro atoms. The van der Waals surface area contributed by atoms with Crippen LogP contribution in [-0.2, 0) is 16.4 Å². The van der Waals surface area contributed by atoms with E-state index in [0.29, 0.717) is 23.7 Å². The van der Waals surface area contributed by atoms with E-state index in [0.717, 1.165) is 32.2 Å². The average molecular weight is 594 g/mol. The SMILES string of the molecule is CCc1sc2ncnc(Nc3ccccc3S(=O)(=O)N(CC)c3ccccc3)c2c1-c1ccc(Br)cc1. The van der Waals surface area contributed by atoms with Crippen molar-refractivity contribution in [1.29, 1.82) is 0 Å². The summed E-state index contributed by atoms with van der Waals surface area (Å²) in [6.45, 7) is 4.26. The standard InChI is InChI=1S/C28H25BrN4O2S2/c1-3-23-25(19-14-16-20(29)17-15-19)26-27(30-18-31-28(26)36-23)32-22-12-8-9-13-24(22)37(34,35)33(4-2)21-10-6-5-7-11-21/h5-18H,3-4H2,1-2H3,(H,30,31,32). The molecule has 5 rings (SSSR count). The predicted octanol–water partition coefficient (Wildman–Crippen LogP) is 7.64. The molecule has 1 N–H and O–H groups in total. The van der Waals surface area contributed by atoms with Gasteiger partial charge in [-0.05, 0) is 55.3 Å². The van der Waals surface area contributed by atoms with Gasteiger partial charge in [0.2, 0.25) is 0 Å². The lowest BCUT2D eigenvalue weighted by Crippen LogP contribution is -2.31. The van der Waals surface area contributed by atoms with Gasteiger partial charge in [0, 0.05) is 21.5 Å². The number of thiophene rings is 1. The first-order chi connectivity index (χ1) is 17.9. The fourth-order valence-electron chi connectivity index (χ4n) is 4.37.